The van der Waals surface area contributed by atoms with Crippen molar-refractivity contribution in [3.63, 3.8) is 0 Å². The number of carboxylic acids is 1. The summed E-state index contributed by atoms with van der Waals surface area (Å²) >= 11 is 5.87. The summed E-state index contributed by atoms with van der Waals surface area (Å²) in [6, 6.07) is 7.70. The van der Waals surface area contributed by atoms with Gasteiger partial charge in [0.15, 0.2) is 5.69 Å². The highest BCUT2D eigenvalue weighted by atomic mass is 35.5. The molecule has 1 aromatic carbocycles. The molecular weight excluding hydrogens is 276 g/mol. The Hall–Kier alpha value is -2.07. The highest BCUT2D eigenvalue weighted by molar-refractivity contribution is 6.35. The molecule has 4 nitrogen and oxygen atoms in total. The predicted octanol–water partition coefficient (Wildman–Crippen LogP) is 3.17. The van der Waals surface area contributed by atoms with Crippen molar-refractivity contribution in [2.24, 2.45) is 0 Å². The van der Waals surface area contributed by atoms with Gasteiger partial charge in [-0.3, -0.25) is 0 Å². The molecule has 0 spiro atoms. The van der Waals surface area contributed by atoms with Gasteiger partial charge in [0.05, 0.1) is 16.4 Å². The van der Waals surface area contributed by atoms with E-state index in [1.807, 2.05) is 6.07 Å². The minimum Gasteiger partial charge on any atom is -0.476 e. The number of aromatic carboxylic acids is 1. The molecule has 3 rings (SSSR count). The summed E-state index contributed by atoms with van der Waals surface area (Å²) in [5, 5.41) is 9.10. The van der Waals surface area contributed by atoms with Gasteiger partial charge in [-0.2, -0.15) is 0 Å². The van der Waals surface area contributed by atoms with Crippen LogP contribution in [-0.2, 0) is 12.8 Å². The Kier molecular flexibility index (Phi) is 3.10. The number of aryl methyl sites for hydroxylation is 2. The number of aromatic nitrogens is 1. The second kappa shape index (κ2) is 4.80. The quantitative estimate of drug-likeness (QED) is 0.890. The summed E-state index contributed by atoms with van der Waals surface area (Å²) in [5.41, 5.74) is 9.87. The molecular formula is C15H13ClN2O2. The average molecular weight is 289 g/mol. The molecule has 1 aliphatic rings. The molecule has 0 saturated heterocycles. The Labute approximate surface area is 121 Å². The number of anilines is 1. The van der Waals surface area contributed by atoms with Gasteiger partial charge >= 0.3 is 5.97 Å². The molecule has 0 atom stereocenters. The molecule has 0 aliphatic heterocycles. The summed E-state index contributed by atoms with van der Waals surface area (Å²) in [6.07, 6.45) is 3.32. The lowest BCUT2D eigenvalue weighted by atomic mass is 10.0. The summed E-state index contributed by atoms with van der Waals surface area (Å²) < 4.78 is 0. The van der Waals surface area contributed by atoms with Gasteiger partial charge in [-0.25, -0.2) is 9.78 Å². The van der Waals surface area contributed by atoms with Crippen LogP contribution in [0.3, 0.4) is 0 Å². The summed E-state index contributed by atoms with van der Waals surface area (Å²) in [7, 11) is 0. The molecule has 1 aliphatic carbocycles. The normalized spacial score (nSPS) is 13.2. The van der Waals surface area contributed by atoms with Gasteiger partial charge in [-0.05, 0) is 42.5 Å². The fraction of sp³-hybridized carbons (Fsp3) is 0.200. The number of hydrogen-bond acceptors (Lipinski definition) is 3. The zero-order valence-corrected chi connectivity index (χ0v) is 11.4. The van der Waals surface area contributed by atoms with Crippen molar-refractivity contribution in [2.75, 3.05) is 5.73 Å². The van der Waals surface area contributed by atoms with Crippen LogP contribution in [0.4, 0.5) is 5.69 Å². The van der Waals surface area contributed by atoms with Crippen LogP contribution in [0.1, 0.15) is 28.0 Å². The zero-order chi connectivity index (χ0) is 14.3. The number of fused-ring (bicyclic) bond motifs is 1. The monoisotopic (exact) mass is 288 g/mol. The SMILES string of the molecule is Nc1cc(-c2ccc3c(c2)CCC3)nc(C(=O)O)c1Cl. The number of nitrogens with two attached hydrogens (primary N) is 1. The van der Waals surface area contributed by atoms with Gasteiger partial charge in [0.1, 0.15) is 0 Å². The number of pyridine rings is 1. The Morgan fingerprint density at radius 2 is 2.00 bits per heavy atom. The Bertz CT molecular complexity index is 713. The Balaban J connectivity index is 2.13. The third-order valence-corrected chi connectivity index (χ3v) is 3.98. The van der Waals surface area contributed by atoms with Gasteiger partial charge in [0, 0.05) is 5.56 Å². The lowest BCUT2D eigenvalue weighted by Gasteiger charge is -2.08. The second-order valence-electron chi connectivity index (χ2n) is 4.90. The maximum absolute atomic E-state index is 11.1. The number of benzene rings is 1. The lowest BCUT2D eigenvalue weighted by molar-refractivity contribution is 0.0691. The smallest absolute Gasteiger partial charge is 0.356 e. The molecule has 0 radical (unpaired) electrons. The van der Waals surface area contributed by atoms with Crippen LogP contribution < -0.4 is 5.73 Å². The number of halogens is 1. The topological polar surface area (TPSA) is 76.2 Å². The standard InChI is InChI=1S/C15H13ClN2O2/c16-13-11(17)7-12(18-14(13)15(19)20)10-5-4-8-2-1-3-9(8)6-10/h4-7H,1-3H2,(H2,17,18)(H,19,20). The van der Waals surface area contributed by atoms with E-state index in [1.165, 1.54) is 11.1 Å². The number of carbonyl (C=O) groups is 1. The fourth-order valence-electron chi connectivity index (χ4n) is 2.57. The maximum Gasteiger partial charge on any atom is 0.356 e. The molecule has 0 bridgehead atoms. The summed E-state index contributed by atoms with van der Waals surface area (Å²) in [5.74, 6) is -1.18. The van der Waals surface area contributed by atoms with E-state index in [9.17, 15) is 4.79 Å². The van der Waals surface area contributed by atoms with Crippen molar-refractivity contribution in [3.8, 4) is 11.3 Å². The number of hydrogen-bond donors (Lipinski definition) is 2. The molecule has 3 N–H and O–H groups in total. The van der Waals surface area contributed by atoms with Crippen LogP contribution in [0.5, 0.6) is 0 Å². The first-order valence-corrected chi connectivity index (χ1v) is 6.75. The average Bonchev–Trinajstić information content (AvgIpc) is 2.88. The molecule has 5 heteroatoms. The van der Waals surface area contributed by atoms with Gasteiger partial charge in [0.2, 0.25) is 0 Å². The molecule has 1 heterocycles. The Morgan fingerprint density at radius 1 is 1.25 bits per heavy atom. The zero-order valence-electron chi connectivity index (χ0n) is 10.7. The second-order valence-corrected chi connectivity index (χ2v) is 5.28. The van der Waals surface area contributed by atoms with Crippen LogP contribution in [-0.4, -0.2) is 16.1 Å². The third kappa shape index (κ3) is 2.12. The van der Waals surface area contributed by atoms with E-state index in [2.05, 4.69) is 17.1 Å². The molecule has 2 aromatic rings. The lowest BCUT2D eigenvalue weighted by Crippen LogP contribution is -2.05. The third-order valence-electron chi connectivity index (χ3n) is 3.58. The minimum absolute atomic E-state index is 0.0117. The number of nitrogens with zero attached hydrogens (tertiary/aromatic N) is 1. The van der Waals surface area contributed by atoms with E-state index in [-0.39, 0.29) is 16.4 Å². The van der Waals surface area contributed by atoms with Gasteiger partial charge in [-0.1, -0.05) is 23.7 Å². The van der Waals surface area contributed by atoms with Crippen LogP contribution in [0.25, 0.3) is 11.3 Å². The molecule has 1 aromatic heterocycles. The van der Waals surface area contributed by atoms with Crippen LogP contribution >= 0.6 is 11.6 Å². The van der Waals surface area contributed by atoms with Crippen LogP contribution in [0, 0.1) is 0 Å². The van der Waals surface area contributed by atoms with Crippen molar-refractivity contribution in [1.82, 2.24) is 4.98 Å². The molecule has 0 saturated carbocycles. The highest BCUT2D eigenvalue weighted by Gasteiger charge is 2.17. The van der Waals surface area contributed by atoms with E-state index in [0.29, 0.717) is 5.69 Å². The molecule has 0 fully saturated rings. The number of rotatable bonds is 2. The van der Waals surface area contributed by atoms with Crippen LogP contribution in [0.2, 0.25) is 5.02 Å². The van der Waals surface area contributed by atoms with Crippen LogP contribution in [0.15, 0.2) is 24.3 Å². The summed E-state index contributed by atoms with van der Waals surface area (Å²) in [4.78, 5) is 15.3. The van der Waals surface area contributed by atoms with E-state index in [0.717, 1.165) is 24.8 Å². The largest absolute Gasteiger partial charge is 0.476 e. The predicted molar refractivity (Wildman–Crippen MR) is 78.1 cm³/mol. The number of carboxylic acid groups (broad SMARTS) is 1. The molecule has 102 valence electrons. The van der Waals surface area contributed by atoms with E-state index < -0.39 is 5.97 Å². The number of nitrogen functional groups attached to an aromatic ring is 1. The van der Waals surface area contributed by atoms with Crippen molar-refractivity contribution >= 4 is 23.3 Å². The maximum atomic E-state index is 11.1. The minimum atomic E-state index is -1.18. The van der Waals surface area contributed by atoms with E-state index in [4.69, 9.17) is 22.4 Å². The summed E-state index contributed by atoms with van der Waals surface area (Å²) in [6.45, 7) is 0. The first kappa shape index (κ1) is 12.9. The Morgan fingerprint density at radius 3 is 2.75 bits per heavy atom. The first-order valence-electron chi connectivity index (χ1n) is 6.38. The molecule has 0 unspecified atom stereocenters. The first-order chi connectivity index (χ1) is 9.56. The van der Waals surface area contributed by atoms with E-state index >= 15 is 0 Å². The van der Waals surface area contributed by atoms with Crippen molar-refractivity contribution in [1.29, 1.82) is 0 Å². The van der Waals surface area contributed by atoms with Crippen molar-refractivity contribution in [3.05, 3.63) is 46.1 Å². The highest BCUT2D eigenvalue weighted by Crippen LogP contribution is 2.31. The van der Waals surface area contributed by atoms with Gasteiger partial charge in [-0.15, -0.1) is 0 Å². The van der Waals surface area contributed by atoms with Gasteiger partial charge in [0.25, 0.3) is 0 Å². The molecule has 20 heavy (non-hydrogen) atoms. The van der Waals surface area contributed by atoms with Crippen molar-refractivity contribution < 1.29 is 9.90 Å². The molecule has 0 amide bonds. The van der Waals surface area contributed by atoms with Crippen molar-refractivity contribution in [2.45, 2.75) is 19.3 Å². The fourth-order valence-corrected chi connectivity index (χ4v) is 2.75. The van der Waals surface area contributed by atoms with E-state index in [1.54, 1.807) is 6.07 Å². The van der Waals surface area contributed by atoms with Gasteiger partial charge < -0.3 is 10.8 Å².